The standard InChI is InChI=1S/C56H62N4O10/c1-5-36-12-14-47(69-35(3)63)27-45(66)28-52(40-23-53(67)56(54(24-40)68-4)70-46-11-7-10-44(65)26-46)59-31-49-39(33-61)13-15-51(50(49)32-59)60(19-17-34(2)62)55-25-38(16-18-58-55)48(37-8-6-9-43(64)21-37)22-42-30-57-29-41(42)20-36/h6-11,13,15-16,21,23-26,29-32,36,47-48,52,57-58,61,64-65,67H,5,12,14,17-20,22,27-28,33H2,1-4H3/t36-,47-,48+,52-/m1/s1. The number of aromatic hydroxyl groups is 3. The Kier molecular flexibility index (Phi) is 15.3. The van der Waals surface area contributed by atoms with Crippen LogP contribution in [0.3, 0.4) is 0 Å². The number of rotatable bonds is 11. The van der Waals surface area contributed by atoms with E-state index in [1.807, 2.05) is 59.7 Å². The van der Waals surface area contributed by atoms with Crippen LogP contribution in [-0.2, 0) is 38.6 Å². The number of ether oxygens (including phenoxy) is 3. The highest BCUT2D eigenvalue weighted by atomic mass is 16.5. The number of ketones is 2. The van der Waals surface area contributed by atoms with E-state index in [1.165, 1.54) is 37.8 Å². The lowest BCUT2D eigenvalue weighted by atomic mass is 9.82. The van der Waals surface area contributed by atoms with Crippen molar-refractivity contribution in [1.29, 1.82) is 0 Å². The van der Waals surface area contributed by atoms with Gasteiger partial charge in [0.2, 0.25) is 5.75 Å². The van der Waals surface area contributed by atoms with Crippen molar-refractivity contribution in [2.45, 2.75) is 96.8 Å². The molecule has 4 atom stereocenters. The summed E-state index contributed by atoms with van der Waals surface area (Å²) in [6, 6.07) is 19.8. The van der Waals surface area contributed by atoms with Gasteiger partial charge in [-0.15, -0.1) is 0 Å². The van der Waals surface area contributed by atoms with Gasteiger partial charge in [0, 0.05) is 86.8 Å². The monoisotopic (exact) mass is 950 g/mol. The minimum atomic E-state index is -0.758. The average Bonchev–Trinajstić information content (AvgIpc) is 3.98. The lowest BCUT2D eigenvalue weighted by molar-refractivity contribution is -0.148. The highest BCUT2D eigenvalue weighted by Gasteiger charge is 2.30. The number of aromatic nitrogens is 2. The molecular weight excluding hydrogens is 889 g/mol. The van der Waals surface area contributed by atoms with Crippen molar-refractivity contribution in [3.05, 3.63) is 149 Å². The second-order valence-corrected chi connectivity index (χ2v) is 18.4. The summed E-state index contributed by atoms with van der Waals surface area (Å²) in [5, 5.41) is 48.4. The Labute approximate surface area is 407 Å². The molecule has 0 radical (unpaired) electrons. The van der Waals surface area contributed by atoms with Crippen molar-refractivity contribution in [3.63, 3.8) is 0 Å². The number of phenols is 3. The molecule has 8 rings (SSSR count). The predicted molar refractivity (Wildman–Crippen MR) is 268 cm³/mol. The number of aliphatic hydroxyl groups excluding tert-OH is 1. The summed E-state index contributed by atoms with van der Waals surface area (Å²) in [4.78, 5) is 45.4. The van der Waals surface area contributed by atoms with Crippen LogP contribution >= 0.6 is 0 Å². The fourth-order valence-electron chi connectivity index (χ4n) is 9.93. The van der Waals surface area contributed by atoms with Gasteiger partial charge >= 0.3 is 5.97 Å². The van der Waals surface area contributed by atoms with Crippen molar-refractivity contribution in [3.8, 4) is 34.5 Å². The molecule has 0 spiro atoms. The Morgan fingerprint density at radius 3 is 2.31 bits per heavy atom. The minimum absolute atomic E-state index is 0.00853. The summed E-state index contributed by atoms with van der Waals surface area (Å²) in [6.07, 6.45) is 15.0. The van der Waals surface area contributed by atoms with Crippen molar-refractivity contribution < 1.29 is 49.0 Å². The van der Waals surface area contributed by atoms with E-state index in [0.29, 0.717) is 48.9 Å². The van der Waals surface area contributed by atoms with Gasteiger partial charge < -0.3 is 54.4 Å². The van der Waals surface area contributed by atoms with Crippen LogP contribution in [0.4, 0.5) is 5.69 Å². The molecule has 4 bridgehead atoms. The van der Waals surface area contributed by atoms with Crippen molar-refractivity contribution in [2.75, 3.05) is 25.1 Å². The van der Waals surface area contributed by atoms with Crippen LogP contribution in [0.1, 0.15) is 99.1 Å². The minimum Gasteiger partial charge on any atom is -0.508 e. The van der Waals surface area contributed by atoms with E-state index in [-0.39, 0.29) is 83.8 Å². The molecule has 0 saturated heterocycles. The van der Waals surface area contributed by atoms with Gasteiger partial charge in [0.25, 0.3) is 0 Å². The van der Waals surface area contributed by atoms with Crippen LogP contribution in [0.25, 0.3) is 10.8 Å². The number of hydrogen-bond acceptors (Lipinski definition) is 12. The van der Waals surface area contributed by atoms with E-state index in [9.17, 15) is 34.8 Å². The molecule has 0 aliphatic carbocycles. The van der Waals surface area contributed by atoms with E-state index < -0.39 is 18.1 Å². The molecule has 2 aliphatic heterocycles. The zero-order valence-corrected chi connectivity index (χ0v) is 40.1. The topological polar surface area (TPSA) is 196 Å². The summed E-state index contributed by atoms with van der Waals surface area (Å²) in [5.74, 6) is 0.485. The molecule has 4 aromatic carbocycles. The molecular formula is C56H62N4O10. The predicted octanol–water partition coefficient (Wildman–Crippen LogP) is 9.80. The average molecular weight is 951 g/mol. The largest absolute Gasteiger partial charge is 0.508 e. The van der Waals surface area contributed by atoms with Crippen LogP contribution in [0.5, 0.6) is 34.5 Å². The third-order valence-corrected chi connectivity index (χ3v) is 13.6. The van der Waals surface area contributed by atoms with Gasteiger partial charge in [0.1, 0.15) is 40.7 Å². The molecule has 0 fully saturated rings. The van der Waals surface area contributed by atoms with E-state index in [0.717, 1.165) is 46.4 Å². The maximum Gasteiger partial charge on any atom is 0.302 e. The van der Waals surface area contributed by atoms with Crippen LogP contribution in [0, 0.1) is 5.92 Å². The van der Waals surface area contributed by atoms with E-state index in [2.05, 4.69) is 34.3 Å². The number of dihydropyridines is 1. The molecule has 6 aromatic rings. The molecule has 70 heavy (non-hydrogen) atoms. The quantitative estimate of drug-likeness (QED) is 0.0674. The number of allylic oxidation sites excluding steroid dienone is 2. The SMILES string of the molecule is CC[C@@H]1CC[C@@H](OC(C)=O)CC(=O)C[C@H](c2cc(O)c(Oc3cccc(O)c3)c(OC)c2)n2cc3c(CO)ccc(c3c2)N(CCC(C)=O)C2=CC(=CCN2)[C@H](c2cccc(O)c2)Cc2c[nH]cc2C1. The Morgan fingerprint density at radius 1 is 0.843 bits per heavy atom. The summed E-state index contributed by atoms with van der Waals surface area (Å²) in [5.41, 5.74) is 6.18. The number of benzene rings is 4. The van der Waals surface area contributed by atoms with Crippen LogP contribution in [0.2, 0.25) is 0 Å². The lowest BCUT2D eigenvalue weighted by Crippen LogP contribution is -2.35. The maximum atomic E-state index is 14.6. The van der Waals surface area contributed by atoms with Crippen molar-refractivity contribution >= 4 is 34.0 Å². The molecule has 0 amide bonds. The zero-order chi connectivity index (χ0) is 49.5. The number of aromatic amines is 1. The number of fused-ring (bicyclic) bond motifs is 3. The second kappa shape index (κ2) is 21.9. The number of anilines is 1. The van der Waals surface area contributed by atoms with E-state index in [1.54, 1.807) is 31.2 Å². The van der Waals surface area contributed by atoms with Crippen molar-refractivity contribution in [1.82, 2.24) is 14.9 Å². The maximum absolute atomic E-state index is 14.6. The number of hydrogen-bond donors (Lipinski definition) is 6. The van der Waals surface area contributed by atoms with Gasteiger partial charge in [-0.1, -0.05) is 43.7 Å². The number of methoxy groups -OCH3 is 1. The van der Waals surface area contributed by atoms with Gasteiger partial charge in [-0.3, -0.25) is 14.4 Å². The summed E-state index contributed by atoms with van der Waals surface area (Å²) in [7, 11) is 1.44. The Bertz CT molecular complexity index is 2930. The fraction of sp³-hybridized carbons (Fsp3) is 0.339. The van der Waals surface area contributed by atoms with Crippen molar-refractivity contribution in [2.24, 2.45) is 5.92 Å². The molecule has 4 heterocycles. The molecule has 6 N–H and O–H groups in total. The normalized spacial score (nSPS) is 19.0. The molecule has 366 valence electrons. The third-order valence-electron chi connectivity index (χ3n) is 13.6. The smallest absolute Gasteiger partial charge is 0.302 e. The lowest BCUT2D eigenvalue weighted by Gasteiger charge is -2.32. The van der Waals surface area contributed by atoms with Gasteiger partial charge in [0.05, 0.1) is 25.4 Å². The Balaban J connectivity index is 1.31. The highest BCUT2D eigenvalue weighted by Crippen LogP contribution is 2.45. The van der Waals surface area contributed by atoms with E-state index >= 15 is 0 Å². The number of nitrogens with zero attached hydrogens (tertiary/aromatic N) is 2. The second-order valence-electron chi connectivity index (χ2n) is 18.4. The van der Waals surface area contributed by atoms with Gasteiger partial charge in [0.15, 0.2) is 11.5 Å². The molecule has 0 unspecified atom stereocenters. The first kappa shape index (κ1) is 49.0. The number of esters is 1. The van der Waals surface area contributed by atoms with Crippen LogP contribution < -0.4 is 19.7 Å². The number of aliphatic hydroxyl groups is 1. The number of Topliss-reactive ketones (excluding diaryl/α,β-unsaturated/α-hetero) is 2. The molecule has 14 heteroatoms. The molecule has 2 aliphatic rings. The highest BCUT2D eigenvalue weighted by molar-refractivity contribution is 5.97. The summed E-state index contributed by atoms with van der Waals surface area (Å²) < 4.78 is 19.6. The van der Waals surface area contributed by atoms with E-state index in [4.69, 9.17) is 14.2 Å². The first-order valence-corrected chi connectivity index (χ1v) is 24.0. The van der Waals surface area contributed by atoms with Gasteiger partial charge in [-0.25, -0.2) is 0 Å². The first-order chi connectivity index (χ1) is 33.8. The zero-order valence-electron chi connectivity index (χ0n) is 40.1. The van der Waals surface area contributed by atoms with Gasteiger partial charge in [-0.05, 0) is 120 Å². The molecule has 0 saturated carbocycles. The number of carbonyl (C=O) groups is 3. The number of phenolic OH excluding ortho intramolecular Hbond substituents is 3. The fourth-order valence-corrected chi connectivity index (χ4v) is 9.93. The Hall–Kier alpha value is -7.45. The van der Waals surface area contributed by atoms with Gasteiger partial charge in [-0.2, -0.15) is 0 Å². The third kappa shape index (κ3) is 11.3. The Morgan fingerprint density at radius 2 is 1.60 bits per heavy atom. The summed E-state index contributed by atoms with van der Waals surface area (Å²) >= 11 is 0. The molecule has 14 nitrogen and oxygen atoms in total. The summed E-state index contributed by atoms with van der Waals surface area (Å²) in [6.45, 7) is 5.60. The van der Waals surface area contributed by atoms with Crippen LogP contribution in [0.15, 0.2) is 121 Å². The molecule has 2 aromatic heterocycles. The number of H-pyrrole nitrogens is 1. The first-order valence-electron chi connectivity index (χ1n) is 24.0. The van der Waals surface area contributed by atoms with Crippen LogP contribution in [-0.4, -0.2) is 73.8 Å². The number of carbonyl (C=O) groups excluding carboxylic acids is 3. The number of nitrogens with one attached hydrogen (secondary N) is 2.